The van der Waals surface area contributed by atoms with Crippen molar-refractivity contribution in [1.29, 1.82) is 0 Å². The Morgan fingerprint density at radius 3 is 2.90 bits per heavy atom. The van der Waals surface area contributed by atoms with Crippen molar-refractivity contribution in [2.75, 3.05) is 6.54 Å². The van der Waals surface area contributed by atoms with Crippen LogP contribution in [0.3, 0.4) is 0 Å². The van der Waals surface area contributed by atoms with Crippen molar-refractivity contribution < 1.29 is 9.59 Å². The zero-order valence-corrected chi connectivity index (χ0v) is 12.7. The highest BCUT2D eigenvalue weighted by atomic mass is 16.2. The van der Waals surface area contributed by atoms with Crippen molar-refractivity contribution in [3.05, 3.63) is 17.7 Å². The predicted molar refractivity (Wildman–Crippen MR) is 78.4 cm³/mol. The monoisotopic (exact) mass is 293 g/mol. The van der Waals surface area contributed by atoms with Crippen molar-refractivity contribution in [2.24, 2.45) is 5.92 Å². The Bertz CT molecular complexity index is 511. The lowest BCUT2D eigenvalue weighted by atomic mass is 10.0. The number of carbonyl (C=O) groups is 2. The summed E-state index contributed by atoms with van der Waals surface area (Å²) >= 11 is 0. The first-order valence-corrected chi connectivity index (χ1v) is 7.30. The molecule has 0 aliphatic carbocycles. The molecule has 1 aliphatic heterocycles. The number of H-pyrrole nitrogens is 1. The van der Waals surface area contributed by atoms with Crippen molar-refractivity contribution in [3.8, 4) is 0 Å². The number of aromatic amines is 1. The molecule has 1 aromatic rings. The zero-order valence-electron chi connectivity index (χ0n) is 12.7. The van der Waals surface area contributed by atoms with Gasteiger partial charge in [-0.3, -0.25) is 14.9 Å². The number of rotatable bonds is 5. The van der Waals surface area contributed by atoms with E-state index in [1.165, 1.54) is 0 Å². The number of nitrogens with one attached hydrogen (secondary N) is 4. The van der Waals surface area contributed by atoms with E-state index in [-0.39, 0.29) is 17.9 Å². The lowest BCUT2D eigenvalue weighted by Gasteiger charge is -2.24. The Balaban J connectivity index is 1.83. The van der Waals surface area contributed by atoms with E-state index < -0.39 is 6.04 Å². The van der Waals surface area contributed by atoms with E-state index in [1.807, 2.05) is 13.8 Å². The molecule has 7 heteroatoms. The summed E-state index contributed by atoms with van der Waals surface area (Å²) in [5.41, 5.74) is 1.92. The number of hydrogen-bond donors (Lipinski definition) is 4. The third-order valence-electron chi connectivity index (χ3n) is 3.48. The second kappa shape index (κ2) is 6.71. The van der Waals surface area contributed by atoms with Crippen LogP contribution >= 0.6 is 0 Å². The highest BCUT2D eigenvalue weighted by Gasteiger charge is 2.27. The highest BCUT2D eigenvalue weighted by molar-refractivity contribution is 5.89. The molecule has 0 aromatic carbocycles. The normalized spacial score (nSPS) is 19.0. The van der Waals surface area contributed by atoms with Crippen LogP contribution in [0.5, 0.6) is 0 Å². The molecular weight excluding hydrogens is 270 g/mol. The third-order valence-corrected chi connectivity index (χ3v) is 3.48. The lowest BCUT2D eigenvalue weighted by Crippen LogP contribution is -2.53. The maximum atomic E-state index is 12.2. The van der Waals surface area contributed by atoms with Gasteiger partial charge in [0, 0.05) is 19.5 Å². The molecule has 7 nitrogen and oxygen atoms in total. The van der Waals surface area contributed by atoms with Gasteiger partial charge in [-0.15, -0.1) is 0 Å². The molecule has 0 radical (unpaired) electrons. The third kappa shape index (κ3) is 4.04. The Morgan fingerprint density at radius 2 is 2.19 bits per heavy atom. The largest absolute Gasteiger partial charge is 0.354 e. The quantitative estimate of drug-likeness (QED) is 0.599. The molecule has 0 spiro atoms. The number of nitrogens with zero attached hydrogens (tertiary/aromatic N) is 1. The zero-order chi connectivity index (χ0) is 15.4. The number of carbonyl (C=O) groups excluding carboxylic acids is 2. The molecule has 2 atom stereocenters. The highest BCUT2D eigenvalue weighted by Crippen LogP contribution is 2.12. The van der Waals surface area contributed by atoms with Crippen molar-refractivity contribution in [2.45, 2.75) is 45.8 Å². The lowest BCUT2D eigenvalue weighted by molar-refractivity contribution is -0.129. The van der Waals surface area contributed by atoms with Crippen LogP contribution in [0.4, 0.5) is 0 Å². The Morgan fingerprint density at radius 1 is 1.43 bits per heavy atom. The summed E-state index contributed by atoms with van der Waals surface area (Å²) in [6.45, 7) is 6.93. The van der Waals surface area contributed by atoms with Gasteiger partial charge < -0.3 is 15.6 Å². The number of amides is 2. The SMILES string of the molecule is CC(C)CNC(=O)C(C)NC(=O)C1Cc2nc[nH]c2CN1. The van der Waals surface area contributed by atoms with Gasteiger partial charge >= 0.3 is 0 Å². The van der Waals surface area contributed by atoms with Crippen molar-refractivity contribution >= 4 is 11.8 Å². The van der Waals surface area contributed by atoms with Gasteiger partial charge in [0.25, 0.3) is 0 Å². The molecule has 2 unspecified atom stereocenters. The van der Waals surface area contributed by atoms with E-state index in [4.69, 9.17) is 0 Å². The van der Waals surface area contributed by atoms with Crippen LogP contribution in [0.15, 0.2) is 6.33 Å². The van der Waals surface area contributed by atoms with Gasteiger partial charge in [-0.2, -0.15) is 0 Å². The predicted octanol–water partition coefficient (Wildman–Crippen LogP) is -0.299. The summed E-state index contributed by atoms with van der Waals surface area (Å²) in [4.78, 5) is 31.3. The van der Waals surface area contributed by atoms with Gasteiger partial charge in [-0.25, -0.2) is 4.98 Å². The molecule has 4 N–H and O–H groups in total. The van der Waals surface area contributed by atoms with Crippen LogP contribution in [-0.2, 0) is 22.6 Å². The molecule has 0 saturated carbocycles. The maximum Gasteiger partial charge on any atom is 0.242 e. The van der Waals surface area contributed by atoms with E-state index in [0.29, 0.717) is 25.4 Å². The smallest absolute Gasteiger partial charge is 0.242 e. The van der Waals surface area contributed by atoms with Crippen LogP contribution in [0.1, 0.15) is 32.2 Å². The van der Waals surface area contributed by atoms with Gasteiger partial charge in [0.1, 0.15) is 6.04 Å². The van der Waals surface area contributed by atoms with E-state index in [2.05, 4.69) is 25.9 Å². The van der Waals surface area contributed by atoms with Gasteiger partial charge in [-0.05, 0) is 12.8 Å². The number of hydrogen-bond acceptors (Lipinski definition) is 4. The molecular formula is C14H23N5O2. The average molecular weight is 293 g/mol. The molecule has 2 heterocycles. The van der Waals surface area contributed by atoms with E-state index >= 15 is 0 Å². The summed E-state index contributed by atoms with van der Waals surface area (Å²) in [5, 5.41) is 8.70. The average Bonchev–Trinajstić information content (AvgIpc) is 2.91. The van der Waals surface area contributed by atoms with Crippen LogP contribution in [-0.4, -0.2) is 40.4 Å². The molecule has 2 rings (SSSR count). The fraction of sp³-hybridized carbons (Fsp3) is 0.643. The fourth-order valence-corrected chi connectivity index (χ4v) is 2.19. The minimum atomic E-state index is -0.543. The topological polar surface area (TPSA) is 98.9 Å². The molecule has 0 saturated heterocycles. The summed E-state index contributed by atoms with van der Waals surface area (Å²) in [5.74, 6) is 0.0547. The second-order valence-electron chi connectivity index (χ2n) is 5.83. The van der Waals surface area contributed by atoms with E-state index in [0.717, 1.165) is 11.4 Å². The van der Waals surface area contributed by atoms with Crippen molar-refractivity contribution in [1.82, 2.24) is 25.9 Å². The second-order valence-corrected chi connectivity index (χ2v) is 5.83. The van der Waals surface area contributed by atoms with Crippen molar-refractivity contribution in [3.63, 3.8) is 0 Å². The first-order valence-electron chi connectivity index (χ1n) is 7.30. The van der Waals surface area contributed by atoms with Crippen LogP contribution in [0.2, 0.25) is 0 Å². The van der Waals surface area contributed by atoms with Gasteiger partial charge in [0.05, 0.1) is 23.8 Å². The summed E-state index contributed by atoms with van der Waals surface area (Å²) < 4.78 is 0. The Hall–Kier alpha value is -1.89. The molecule has 0 bridgehead atoms. The van der Waals surface area contributed by atoms with Crippen LogP contribution in [0, 0.1) is 5.92 Å². The summed E-state index contributed by atoms with van der Waals surface area (Å²) in [6.07, 6.45) is 2.17. The first kappa shape index (κ1) is 15.5. The number of imidazole rings is 1. The minimum absolute atomic E-state index is 0.159. The number of aromatic nitrogens is 2. The molecule has 2 amide bonds. The first-order chi connectivity index (χ1) is 9.97. The van der Waals surface area contributed by atoms with Crippen LogP contribution < -0.4 is 16.0 Å². The summed E-state index contributed by atoms with van der Waals surface area (Å²) in [7, 11) is 0. The molecule has 116 valence electrons. The molecule has 1 aromatic heterocycles. The standard InChI is InChI=1S/C14H23N5O2/c1-8(2)5-16-13(20)9(3)19-14(21)11-4-10-12(6-15-11)18-7-17-10/h7-9,11,15H,4-6H2,1-3H3,(H,16,20)(H,17,18)(H,19,21). The van der Waals surface area contributed by atoms with E-state index in [1.54, 1.807) is 13.3 Å². The molecule has 0 fully saturated rings. The molecule has 1 aliphatic rings. The van der Waals surface area contributed by atoms with Crippen LogP contribution in [0.25, 0.3) is 0 Å². The van der Waals surface area contributed by atoms with Gasteiger partial charge in [0.15, 0.2) is 0 Å². The van der Waals surface area contributed by atoms with Gasteiger partial charge in [-0.1, -0.05) is 13.8 Å². The summed E-state index contributed by atoms with van der Waals surface area (Å²) in [6, 6.07) is -0.889. The fourth-order valence-electron chi connectivity index (χ4n) is 2.19. The molecule has 21 heavy (non-hydrogen) atoms. The maximum absolute atomic E-state index is 12.2. The number of fused-ring (bicyclic) bond motifs is 1. The van der Waals surface area contributed by atoms with E-state index in [9.17, 15) is 9.59 Å². The minimum Gasteiger partial charge on any atom is -0.354 e. The Labute approximate surface area is 124 Å². The Kier molecular flexibility index (Phi) is 4.95. The van der Waals surface area contributed by atoms with Gasteiger partial charge in [0.2, 0.25) is 11.8 Å².